The molecular weight excluding hydrogens is 473 g/mol. The molecule has 0 unspecified atom stereocenters. The second kappa shape index (κ2) is 10.6. The molecule has 1 aliphatic heterocycles. The standard InChI is InChI=1S/C23H25F3N2O5S/c1-17(29)2-3-18-4-8-20(9-5-18)33-16-22(30)27-12-14-28(15-13-27)34(31,32)21-10-6-19(7-11-21)23(24,25)26/h4-11H,2-3,12-16H2,1H3. The van der Waals surface area contributed by atoms with Gasteiger partial charge in [-0.2, -0.15) is 17.5 Å². The van der Waals surface area contributed by atoms with Crippen LogP contribution >= 0.6 is 0 Å². The zero-order valence-corrected chi connectivity index (χ0v) is 19.4. The number of rotatable bonds is 8. The first kappa shape index (κ1) is 25.7. The lowest BCUT2D eigenvalue weighted by atomic mass is 10.1. The maximum atomic E-state index is 12.7. The lowest BCUT2D eigenvalue weighted by Gasteiger charge is -2.34. The molecule has 34 heavy (non-hydrogen) atoms. The summed E-state index contributed by atoms with van der Waals surface area (Å²) < 4.78 is 70.3. The summed E-state index contributed by atoms with van der Waals surface area (Å²) >= 11 is 0. The number of sulfonamides is 1. The molecule has 3 rings (SSSR count). The van der Waals surface area contributed by atoms with Gasteiger partial charge in [-0.3, -0.25) is 4.79 Å². The Hall–Kier alpha value is -2.92. The number of benzene rings is 2. The molecule has 1 fully saturated rings. The Kier molecular flexibility index (Phi) is 7.98. The van der Waals surface area contributed by atoms with Crippen LogP contribution in [0.4, 0.5) is 13.2 Å². The molecule has 0 saturated carbocycles. The Bertz CT molecular complexity index is 1110. The van der Waals surface area contributed by atoms with Gasteiger partial charge in [-0.05, 0) is 55.3 Å². The smallest absolute Gasteiger partial charge is 0.416 e. The highest BCUT2D eigenvalue weighted by molar-refractivity contribution is 7.89. The van der Waals surface area contributed by atoms with Crippen LogP contribution in [0.25, 0.3) is 0 Å². The molecule has 2 aromatic rings. The average Bonchev–Trinajstić information content (AvgIpc) is 2.81. The van der Waals surface area contributed by atoms with Crippen LogP contribution in [-0.4, -0.2) is 62.1 Å². The zero-order valence-electron chi connectivity index (χ0n) is 18.5. The van der Waals surface area contributed by atoms with Crippen molar-refractivity contribution in [1.29, 1.82) is 0 Å². The molecule has 1 aliphatic rings. The Balaban J connectivity index is 1.50. The number of ketones is 1. The summed E-state index contributed by atoms with van der Waals surface area (Å²) in [5.41, 5.74) is 0.0619. The van der Waals surface area contributed by atoms with Crippen LogP contribution in [0.3, 0.4) is 0 Å². The number of halogens is 3. The molecule has 0 aliphatic carbocycles. The largest absolute Gasteiger partial charge is 0.484 e. The Morgan fingerprint density at radius 1 is 0.941 bits per heavy atom. The van der Waals surface area contributed by atoms with Crippen LogP contribution < -0.4 is 4.74 Å². The lowest BCUT2D eigenvalue weighted by Crippen LogP contribution is -2.51. The van der Waals surface area contributed by atoms with E-state index in [0.717, 1.165) is 34.1 Å². The summed E-state index contributed by atoms with van der Waals surface area (Å²) in [6, 6.07) is 10.4. The predicted octanol–water partition coefficient (Wildman–Crippen LogP) is 3.14. The molecule has 2 aromatic carbocycles. The molecule has 1 heterocycles. The van der Waals surface area contributed by atoms with Gasteiger partial charge in [-0.25, -0.2) is 8.42 Å². The van der Waals surface area contributed by atoms with Crippen LogP contribution in [0.15, 0.2) is 53.4 Å². The number of carbonyl (C=O) groups excluding carboxylic acids is 2. The Labute approximate surface area is 196 Å². The normalized spacial score (nSPS) is 15.2. The number of alkyl halides is 3. The fourth-order valence-electron chi connectivity index (χ4n) is 3.45. The third kappa shape index (κ3) is 6.57. The first-order valence-corrected chi connectivity index (χ1v) is 12.1. The van der Waals surface area contributed by atoms with Crippen LogP contribution in [0, 0.1) is 0 Å². The minimum Gasteiger partial charge on any atom is -0.484 e. The van der Waals surface area contributed by atoms with Gasteiger partial charge in [0.15, 0.2) is 6.61 Å². The number of nitrogens with zero attached hydrogens (tertiary/aromatic N) is 2. The van der Waals surface area contributed by atoms with E-state index in [1.54, 1.807) is 12.1 Å². The summed E-state index contributed by atoms with van der Waals surface area (Å²) in [5, 5.41) is 0. The number of aryl methyl sites for hydroxylation is 1. The number of hydrogen-bond donors (Lipinski definition) is 0. The lowest BCUT2D eigenvalue weighted by molar-refractivity contribution is -0.137. The summed E-state index contributed by atoms with van der Waals surface area (Å²) in [6.07, 6.45) is -3.46. The van der Waals surface area contributed by atoms with Gasteiger partial charge in [-0.1, -0.05) is 12.1 Å². The first-order chi connectivity index (χ1) is 16.0. The van der Waals surface area contributed by atoms with Gasteiger partial charge in [0, 0.05) is 32.6 Å². The van der Waals surface area contributed by atoms with E-state index in [9.17, 15) is 31.2 Å². The quantitative estimate of drug-likeness (QED) is 0.559. The fourth-order valence-corrected chi connectivity index (χ4v) is 4.87. The van der Waals surface area contributed by atoms with Crippen molar-refractivity contribution in [2.75, 3.05) is 32.8 Å². The van der Waals surface area contributed by atoms with Crippen molar-refractivity contribution in [3.8, 4) is 5.75 Å². The average molecular weight is 499 g/mol. The molecule has 11 heteroatoms. The first-order valence-electron chi connectivity index (χ1n) is 10.6. The summed E-state index contributed by atoms with van der Waals surface area (Å²) in [6.45, 7) is 1.67. The minimum absolute atomic E-state index is 0.0277. The highest BCUT2D eigenvalue weighted by atomic mass is 32.2. The van der Waals surface area contributed by atoms with E-state index in [0.29, 0.717) is 18.6 Å². The monoisotopic (exact) mass is 498 g/mol. The molecule has 7 nitrogen and oxygen atoms in total. The Morgan fingerprint density at radius 3 is 2.06 bits per heavy atom. The minimum atomic E-state index is -4.55. The highest BCUT2D eigenvalue weighted by Gasteiger charge is 2.33. The summed E-state index contributed by atoms with van der Waals surface area (Å²) in [4.78, 5) is 24.8. The maximum Gasteiger partial charge on any atom is 0.416 e. The fraction of sp³-hybridized carbons (Fsp3) is 0.391. The molecule has 0 atom stereocenters. The maximum absolute atomic E-state index is 12.7. The van der Waals surface area contributed by atoms with E-state index < -0.39 is 21.8 Å². The number of piperazine rings is 1. The molecular formula is C23H25F3N2O5S. The molecule has 0 radical (unpaired) electrons. The SMILES string of the molecule is CC(=O)CCc1ccc(OCC(=O)N2CCN(S(=O)(=O)c3ccc(C(F)(F)F)cc3)CC2)cc1. The van der Waals surface area contributed by atoms with Crippen molar-refractivity contribution in [3.05, 3.63) is 59.7 Å². The number of Topliss-reactive ketones (excluding diaryl/α,β-unsaturated/α-hetero) is 1. The van der Waals surface area contributed by atoms with Crippen LogP contribution in [0.1, 0.15) is 24.5 Å². The molecule has 0 bridgehead atoms. The number of amides is 1. The van der Waals surface area contributed by atoms with E-state index in [1.807, 2.05) is 12.1 Å². The van der Waals surface area contributed by atoms with E-state index in [-0.39, 0.29) is 49.4 Å². The van der Waals surface area contributed by atoms with Crippen molar-refractivity contribution in [2.45, 2.75) is 30.8 Å². The number of ether oxygens (including phenoxy) is 1. The molecule has 1 saturated heterocycles. The van der Waals surface area contributed by atoms with Gasteiger partial charge in [-0.15, -0.1) is 0 Å². The molecule has 0 aromatic heterocycles. The van der Waals surface area contributed by atoms with Gasteiger partial charge < -0.3 is 14.4 Å². The topological polar surface area (TPSA) is 84.0 Å². The molecule has 1 amide bonds. The van der Waals surface area contributed by atoms with Crippen molar-refractivity contribution >= 4 is 21.7 Å². The van der Waals surface area contributed by atoms with Crippen LogP contribution in [-0.2, 0) is 32.2 Å². The predicted molar refractivity (Wildman–Crippen MR) is 118 cm³/mol. The van der Waals surface area contributed by atoms with E-state index in [1.165, 1.54) is 11.8 Å². The van der Waals surface area contributed by atoms with Crippen LogP contribution in [0.2, 0.25) is 0 Å². The van der Waals surface area contributed by atoms with Crippen molar-refractivity contribution in [2.24, 2.45) is 0 Å². The number of hydrogen-bond acceptors (Lipinski definition) is 5. The van der Waals surface area contributed by atoms with Gasteiger partial charge in [0.25, 0.3) is 5.91 Å². The van der Waals surface area contributed by atoms with Crippen molar-refractivity contribution < 1.29 is 35.9 Å². The zero-order chi connectivity index (χ0) is 24.9. The van der Waals surface area contributed by atoms with Crippen LogP contribution in [0.5, 0.6) is 5.75 Å². The third-order valence-electron chi connectivity index (χ3n) is 5.46. The van der Waals surface area contributed by atoms with Gasteiger partial charge in [0.05, 0.1) is 10.5 Å². The molecule has 0 spiro atoms. The van der Waals surface area contributed by atoms with Gasteiger partial charge in [0.1, 0.15) is 11.5 Å². The second-order valence-electron chi connectivity index (χ2n) is 7.94. The summed E-state index contributed by atoms with van der Waals surface area (Å²) in [7, 11) is -3.97. The van der Waals surface area contributed by atoms with E-state index >= 15 is 0 Å². The number of carbonyl (C=O) groups is 2. The van der Waals surface area contributed by atoms with Gasteiger partial charge in [0.2, 0.25) is 10.0 Å². The molecule has 184 valence electrons. The molecule has 0 N–H and O–H groups in total. The van der Waals surface area contributed by atoms with E-state index in [4.69, 9.17) is 4.74 Å². The highest BCUT2D eigenvalue weighted by Crippen LogP contribution is 2.30. The van der Waals surface area contributed by atoms with Crippen molar-refractivity contribution in [3.63, 3.8) is 0 Å². The van der Waals surface area contributed by atoms with Gasteiger partial charge >= 0.3 is 6.18 Å². The summed E-state index contributed by atoms with van der Waals surface area (Å²) in [5.74, 6) is 0.314. The van der Waals surface area contributed by atoms with E-state index in [2.05, 4.69) is 0 Å². The Morgan fingerprint density at radius 2 is 1.53 bits per heavy atom. The second-order valence-corrected chi connectivity index (χ2v) is 9.88. The van der Waals surface area contributed by atoms with Crippen molar-refractivity contribution in [1.82, 2.24) is 9.21 Å². The third-order valence-corrected chi connectivity index (χ3v) is 7.38.